The van der Waals surface area contributed by atoms with Crippen molar-refractivity contribution in [1.82, 2.24) is 0 Å². The van der Waals surface area contributed by atoms with Crippen molar-refractivity contribution < 1.29 is 4.89 Å². The summed E-state index contributed by atoms with van der Waals surface area (Å²) in [5.74, 6) is 4.10. The van der Waals surface area contributed by atoms with Gasteiger partial charge in [0.2, 0.25) is 0 Å². The first-order chi connectivity index (χ1) is 5.20. The first-order valence-electron chi connectivity index (χ1n) is 3.55. The molecular formula is C8H15OPS. The molecular weight excluding hydrogens is 175 g/mol. The molecule has 0 aromatic rings. The van der Waals surface area contributed by atoms with Crippen molar-refractivity contribution in [1.29, 1.82) is 0 Å². The highest BCUT2D eigenvalue weighted by Gasteiger charge is 2.05. The van der Waals surface area contributed by atoms with Crippen molar-refractivity contribution in [3.63, 3.8) is 0 Å². The Morgan fingerprint density at radius 1 is 1.73 bits per heavy atom. The minimum Gasteiger partial charge on any atom is -0.374 e. The maximum atomic E-state index is 9.05. The Kier molecular flexibility index (Phi) is 7.17. The predicted octanol–water partition coefficient (Wildman–Crippen LogP) is 2.01. The molecule has 0 aromatic heterocycles. The highest BCUT2D eigenvalue weighted by Crippen LogP contribution is 2.26. The maximum Gasteiger partial charge on any atom is 0.0294 e. The van der Waals surface area contributed by atoms with Crippen LogP contribution >= 0.6 is 19.9 Å². The summed E-state index contributed by atoms with van der Waals surface area (Å²) in [6.07, 6.45) is 9.21. The van der Waals surface area contributed by atoms with Crippen LogP contribution in [0.1, 0.15) is 6.42 Å². The fraction of sp³-hybridized carbons (Fsp3) is 0.750. The van der Waals surface area contributed by atoms with Crippen molar-refractivity contribution in [2.75, 3.05) is 24.8 Å². The maximum absolute atomic E-state index is 9.05. The Hall–Kier alpha value is 0.300. The van der Waals surface area contributed by atoms with Gasteiger partial charge in [-0.15, -0.1) is 12.3 Å². The van der Waals surface area contributed by atoms with Gasteiger partial charge in [-0.2, -0.15) is 11.8 Å². The van der Waals surface area contributed by atoms with Gasteiger partial charge < -0.3 is 4.89 Å². The number of thioether (sulfide) groups is 1. The lowest BCUT2D eigenvalue weighted by molar-refractivity contribution is 0.617. The van der Waals surface area contributed by atoms with E-state index in [2.05, 4.69) is 12.2 Å². The second kappa shape index (κ2) is 6.98. The van der Waals surface area contributed by atoms with E-state index in [0.29, 0.717) is 5.92 Å². The second-order valence-electron chi connectivity index (χ2n) is 2.49. The predicted molar refractivity (Wildman–Crippen MR) is 55.3 cm³/mol. The van der Waals surface area contributed by atoms with Crippen molar-refractivity contribution in [2.24, 2.45) is 5.92 Å². The molecule has 0 aromatic carbocycles. The molecule has 0 bridgehead atoms. The molecule has 0 aliphatic carbocycles. The number of rotatable bonds is 5. The van der Waals surface area contributed by atoms with E-state index in [1.807, 2.05) is 6.66 Å². The van der Waals surface area contributed by atoms with Crippen LogP contribution in [0.2, 0.25) is 0 Å². The van der Waals surface area contributed by atoms with E-state index in [0.717, 1.165) is 18.3 Å². The molecule has 0 heterocycles. The lowest BCUT2D eigenvalue weighted by Gasteiger charge is -2.09. The topological polar surface area (TPSA) is 20.2 Å². The zero-order chi connectivity index (χ0) is 8.69. The smallest absolute Gasteiger partial charge is 0.0294 e. The molecule has 2 atom stereocenters. The largest absolute Gasteiger partial charge is 0.374 e. The number of hydrogen-bond donors (Lipinski definition) is 1. The Morgan fingerprint density at radius 3 is 2.73 bits per heavy atom. The minimum atomic E-state index is -0.754. The third-order valence-electron chi connectivity index (χ3n) is 1.40. The highest BCUT2D eigenvalue weighted by molar-refractivity contribution is 7.98. The molecule has 0 rings (SSSR count). The SMILES string of the molecule is C#CC(CCP(C)O)CSC. The quantitative estimate of drug-likeness (QED) is 0.528. The zero-order valence-corrected chi connectivity index (χ0v) is 8.79. The summed E-state index contributed by atoms with van der Waals surface area (Å²) in [7, 11) is -0.754. The Morgan fingerprint density at radius 2 is 2.36 bits per heavy atom. The van der Waals surface area contributed by atoms with Crippen molar-refractivity contribution in [2.45, 2.75) is 6.42 Å². The van der Waals surface area contributed by atoms with Gasteiger partial charge in [0.05, 0.1) is 0 Å². The number of hydrogen-bond acceptors (Lipinski definition) is 2. The van der Waals surface area contributed by atoms with Gasteiger partial charge >= 0.3 is 0 Å². The summed E-state index contributed by atoms with van der Waals surface area (Å²) < 4.78 is 0. The second-order valence-corrected chi connectivity index (χ2v) is 5.16. The lowest BCUT2D eigenvalue weighted by atomic mass is 10.1. The molecule has 11 heavy (non-hydrogen) atoms. The molecule has 0 saturated heterocycles. The average molecular weight is 190 g/mol. The molecule has 0 aliphatic heterocycles. The Bertz CT molecular complexity index is 131. The van der Waals surface area contributed by atoms with Gasteiger partial charge in [-0.25, -0.2) is 0 Å². The molecule has 0 fully saturated rings. The van der Waals surface area contributed by atoms with Crippen LogP contribution in [0.25, 0.3) is 0 Å². The summed E-state index contributed by atoms with van der Waals surface area (Å²) in [5.41, 5.74) is 0. The van der Waals surface area contributed by atoms with Crippen LogP contribution in [0.4, 0.5) is 0 Å². The molecule has 2 unspecified atom stereocenters. The standard InChI is InChI=1S/C8H15OPS/c1-4-8(7-11-3)5-6-10(2)9/h1,8-9H,5-7H2,2-3H3. The van der Waals surface area contributed by atoms with Crippen LogP contribution in [-0.2, 0) is 0 Å². The first kappa shape index (κ1) is 11.3. The average Bonchev–Trinajstić information content (AvgIpc) is 1.97. The summed E-state index contributed by atoms with van der Waals surface area (Å²) >= 11 is 1.77. The van der Waals surface area contributed by atoms with Gasteiger partial charge in [0.1, 0.15) is 0 Å². The van der Waals surface area contributed by atoms with E-state index < -0.39 is 8.15 Å². The molecule has 3 heteroatoms. The van der Waals surface area contributed by atoms with E-state index in [1.165, 1.54) is 0 Å². The monoisotopic (exact) mass is 190 g/mol. The Labute approximate surface area is 74.8 Å². The van der Waals surface area contributed by atoms with Gasteiger partial charge in [0.25, 0.3) is 0 Å². The summed E-state index contributed by atoms with van der Waals surface area (Å²) in [6, 6.07) is 0. The van der Waals surface area contributed by atoms with Crippen LogP contribution in [-0.4, -0.2) is 29.7 Å². The fourth-order valence-corrected chi connectivity index (χ4v) is 2.11. The first-order valence-corrected chi connectivity index (χ1v) is 6.87. The summed E-state index contributed by atoms with van der Waals surface area (Å²) in [6.45, 7) is 1.86. The zero-order valence-electron chi connectivity index (χ0n) is 7.08. The molecule has 1 N–H and O–H groups in total. The van der Waals surface area contributed by atoms with Crippen LogP contribution in [0.15, 0.2) is 0 Å². The lowest BCUT2D eigenvalue weighted by Crippen LogP contribution is -2.02. The molecule has 0 spiro atoms. The van der Waals surface area contributed by atoms with E-state index >= 15 is 0 Å². The fourth-order valence-electron chi connectivity index (χ4n) is 0.759. The van der Waals surface area contributed by atoms with Crippen LogP contribution < -0.4 is 0 Å². The molecule has 64 valence electrons. The molecule has 0 aliphatic rings. The third kappa shape index (κ3) is 6.69. The Balaban J connectivity index is 3.46. The van der Waals surface area contributed by atoms with Gasteiger partial charge in [0.15, 0.2) is 0 Å². The third-order valence-corrected chi connectivity index (χ3v) is 3.05. The van der Waals surface area contributed by atoms with Crippen LogP contribution in [0, 0.1) is 18.3 Å². The van der Waals surface area contributed by atoms with E-state index in [9.17, 15) is 0 Å². The van der Waals surface area contributed by atoms with Crippen molar-refractivity contribution in [3.05, 3.63) is 0 Å². The summed E-state index contributed by atoms with van der Waals surface area (Å²) in [4.78, 5) is 9.05. The van der Waals surface area contributed by atoms with E-state index in [4.69, 9.17) is 11.3 Å². The molecule has 0 radical (unpaired) electrons. The number of terminal acetylenes is 1. The van der Waals surface area contributed by atoms with Gasteiger partial charge in [-0.05, 0) is 25.5 Å². The van der Waals surface area contributed by atoms with Crippen LogP contribution in [0.5, 0.6) is 0 Å². The van der Waals surface area contributed by atoms with Crippen molar-refractivity contribution in [3.8, 4) is 12.3 Å². The molecule has 1 nitrogen and oxygen atoms in total. The van der Waals surface area contributed by atoms with Crippen LogP contribution in [0.3, 0.4) is 0 Å². The highest BCUT2D eigenvalue weighted by atomic mass is 32.2. The van der Waals surface area contributed by atoms with Gasteiger partial charge in [0, 0.05) is 19.8 Å². The minimum absolute atomic E-state index is 0.349. The van der Waals surface area contributed by atoms with E-state index in [-0.39, 0.29) is 0 Å². The molecule has 0 saturated carbocycles. The van der Waals surface area contributed by atoms with Crippen molar-refractivity contribution >= 4 is 19.9 Å². The normalized spacial score (nSPS) is 15.5. The summed E-state index contributed by atoms with van der Waals surface area (Å²) in [5, 5.41) is 0. The van der Waals surface area contributed by atoms with Gasteiger partial charge in [-0.3, -0.25) is 0 Å². The van der Waals surface area contributed by atoms with E-state index in [1.54, 1.807) is 11.8 Å². The molecule has 0 amide bonds. The van der Waals surface area contributed by atoms with Gasteiger partial charge in [-0.1, -0.05) is 0 Å².